The van der Waals surface area contributed by atoms with E-state index in [1.54, 1.807) is 14.0 Å². The van der Waals surface area contributed by atoms with Crippen molar-refractivity contribution >= 4 is 11.7 Å². The van der Waals surface area contributed by atoms with Gasteiger partial charge in [-0.05, 0) is 39.8 Å². The SMILES string of the molecule is CNC(=O)C(C)N1CCC(C(C)=O)CC1. The lowest BCUT2D eigenvalue weighted by molar-refractivity contribution is -0.126. The molecule has 1 amide bonds. The second kappa shape index (κ2) is 5.26. The van der Waals surface area contributed by atoms with E-state index in [4.69, 9.17) is 0 Å². The number of piperidine rings is 1. The minimum absolute atomic E-state index is 0.0521. The van der Waals surface area contributed by atoms with Gasteiger partial charge in [0.1, 0.15) is 5.78 Å². The lowest BCUT2D eigenvalue weighted by Gasteiger charge is -2.34. The average molecular weight is 212 g/mol. The number of Topliss-reactive ketones (excluding diaryl/α,β-unsaturated/α-hetero) is 1. The van der Waals surface area contributed by atoms with Gasteiger partial charge in [-0.15, -0.1) is 0 Å². The van der Waals surface area contributed by atoms with Crippen molar-refractivity contribution in [1.82, 2.24) is 10.2 Å². The van der Waals surface area contributed by atoms with Crippen LogP contribution in [0.1, 0.15) is 26.7 Å². The Morgan fingerprint density at radius 3 is 2.27 bits per heavy atom. The molecule has 0 spiro atoms. The van der Waals surface area contributed by atoms with E-state index in [1.165, 1.54) is 0 Å². The molecule has 1 N–H and O–H groups in total. The van der Waals surface area contributed by atoms with E-state index in [0.29, 0.717) is 0 Å². The first-order valence-corrected chi connectivity index (χ1v) is 5.52. The fourth-order valence-corrected chi connectivity index (χ4v) is 2.07. The largest absolute Gasteiger partial charge is 0.358 e. The van der Waals surface area contributed by atoms with Gasteiger partial charge in [0.05, 0.1) is 6.04 Å². The molecule has 86 valence electrons. The first-order valence-electron chi connectivity index (χ1n) is 5.52. The van der Waals surface area contributed by atoms with E-state index in [-0.39, 0.29) is 23.7 Å². The van der Waals surface area contributed by atoms with E-state index in [2.05, 4.69) is 10.2 Å². The maximum atomic E-state index is 11.4. The van der Waals surface area contributed by atoms with E-state index in [1.807, 2.05) is 6.92 Å². The predicted molar refractivity (Wildman–Crippen MR) is 58.5 cm³/mol. The lowest BCUT2D eigenvalue weighted by atomic mass is 9.92. The van der Waals surface area contributed by atoms with Crippen LogP contribution in [0.4, 0.5) is 0 Å². The van der Waals surface area contributed by atoms with Gasteiger partial charge in [0.25, 0.3) is 0 Å². The van der Waals surface area contributed by atoms with E-state index < -0.39 is 0 Å². The highest BCUT2D eigenvalue weighted by Gasteiger charge is 2.27. The Balaban J connectivity index is 2.43. The Morgan fingerprint density at radius 1 is 1.33 bits per heavy atom. The first-order chi connectivity index (χ1) is 7.06. The molecule has 0 saturated carbocycles. The van der Waals surface area contributed by atoms with Crippen molar-refractivity contribution < 1.29 is 9.59 Å². The molecule has 1 aliphatic rings. The number of nitrogens with one attached hydrogen (secondary N) is 1. The third-order valence-electron chi connectivity index (χ3n) is 3.28. The third kappa shape index (κ3) is 3.02. The fourth-order valence-electron chi connectivity index (χ4n) is 2.07. The number of hydrogen-bond acceptors (Lipinski definition) is 3. The molecule has 1 aliphatic heterocycles. The maximum Gasteiger partial charge on any atom is 0.236 e. The molecule has 4 nitrogen and oxygen atoms in total. The van der Waals surface area contributed by atoms with Gasteiger partial charge in [-0.2, -0.15) is 0 Å². The van der Waals surface area contributed by atoms with Gasteiger partial charge in [0.2, 0.25) is 5.91 Å². The van der Waals surface area contributed by atoms with Gasteiger partial charge in [-0.25, -0.2) is 0 Å². The highest BCUT2D eigenvalue weighted by atomic mass is 16.2. The summed E-state index contributed by atoms with van der Waals surface area (Å²) in [6.07, 6.45) is 1.77. The average Bonchev–Trinajstić information content (AvgIpc) is 2.27. The second-order valence-corrected chi connectivity index (χ2v) is 4.21. The summed E-state index contributed by atoms with van der Waals surface area (Å²) < 4.78 is 0. The molecule has 1 heterocycles. The summed E-state index contributed by atoms with van der Waals surface area (Å²) in [6, 6.07) is -0.0806. The maximum absolute atomic E-state index is 11.4. The summed E-state index contributed by atoms with van der Waals surface area (Å²) in [5, 5.41) is 2.65. The van der Waals surface area contributed by atoms with Crippen LogP contribution in [-0.4, -0.2) is 42.8 Å². The number of rotatable bonds is 3. The summed E-state index contributed by atoms with van der Waals surface area (Å²) in [5.41, 5.74) is 0. The first kappa shape index (κ1) is 12.2. The molecule has 0 bridgehead atoms. The van der Waals surface area contributed by atoms with Crippen LogP contribution in [0.15, 0.2) is 0 Å². The monoisotopic (exact) mass is 212 g/mol. The van der Waals surface area contributed by atoms with Crippen molar-refractivity contribution in [1.29, 1.82) is 0 Å². The molecule has 1 saturated heterocycles. The third-order valence-corrected chi connectivity index (χ3v) is 3.28. The number of carbonyl (C=O) groups is 2. The van der Waals surface area contributed by atoms with Gasteiger partial charge in [0, 0.05) is 13.0 Å². The summed E-state index contributed by atoms with van der Waals surface area (Å²) in [5.74, 6) is 0.539. The van der Waals surface area contributed by atoms with Gasteiger partial charge in [0.15, 0.2) is 0 Å². The molecular formula is C11H20N2O2. The van der Waals surface area contributed by atoms with Crippen LogP contribution in [0.2, 0.25) is 0 Å². The number of nitrogens with zero attached hydrogens (tertiary/aromatic N) is 1. The van der Waals surface area contributed by atoms with Crippen molar-refractivity contribution in [2.24, 2.45) is 5.92 Å². The molecule has 0 aliphatic carbocycles. The molecule has 0 aromatic heterocycles. The van der Waals surface area contributed by atoms with Crippen molar-refractivity contribution in [2.45, 2.75) is 32.7 Å². The van der Waals surface area contributed by atoms with Gasteiger partial charge in [-0.1, -0.05) is 0 Å². The highest BCUT2D eigenvalue weighted by Crippen LogP contribution is 2.19. The zero-order valence-corrected chi connectivity index (χ0v) is 9.75. The van der Waals surface area contributed by atoms with Crippen LogP contribution in [0.5, 0.6) is 0 Å². The molecule has 4 heteroatoms. The number of likely N-dealkylation sites (tertiary alicyclic amines) is 1. The molecule has 0 aromatic rings. The highest BCUT2D eigenvalue weighted by molar-refractivity contribution is 5.81. The predicted octanol–water partition coefficient (Wildman–Crippen LogP) is 0.422. The Bertz CT molecular complexity index is 245. The summed E-state index contributed by atoms with van der Waals surface area (Å²) >= 11 is 0. The van der Waals surface area contributed by atoms with Crippen LogP contribution in [0, 0.1) is 5.92 Å². The molecule has 0 radical (unpaired) electrons. The Morgan fingerprint density at radius 2 is 1.87 bits per heavy atom. The fraction of sp³-hybridized carbons (Fsp3) is 0.818. The van der Waals surface area contributed by atoms with Crippen molar-refractivity contribution in [3.8, 4) is 0 Å². The quantitative estimate of drug-likeness (QED) is 0.737. The molecule has 1 atom stereocenters. The molecule has 15 heavy (non-hydrogen) atoms. The van der Waals surface area contributed by atoms with Crippen molar-refractivity contribution in [2.75, 3.05) is 20.1 Å². The minimum Gasteiger partial charge on any atom is -0.358 e. The number of carbonyl (C=O) groups excluding carboxylic acids is 2. The lowest BCUT2D eigenvalue weighted by Crippen LogP contribution is -2.48. The van der Waals surface area contributed by atoms with E-state index >= 15 is 0 Å². The second-order valence-electron chi connectivity index (χ2n) is 4.21. The van der Waals surface area contributed by atoms with Crippen LogP contribution < -0.4 is 5.32 Å². The smallest absolute Gasteiger partial charge is 0.236 e. The topological polar surface area (TPSA) is 49.4 Å². The molecular weight excluding hydrogens is 192 g/mol. The van der Waals surface area contributed by atoms with Crippen LogP contribution in [0.25, 0.3) is 0 Å². The van der Waals surface area contributed by atoms with E-state index in [9.17, 15) is 9.59 Å². The minimum atomic E-state index is -0.0806. The van der Waals surface area contributed by atoms with Crippen LogP contribution >= 0.6 is 0 Å². The number of likely N-dealkylation sites (N-methyl/N-ethyl adjacent to an activating group) is 1. The van der Waals surface area contributed by atoms with Gasteiger partial charge < -0.3 is 5.32 Å². The number of hydrogen-bond donors (Lipinski definition) is 1. The van der Waals surface area contributed by atoms with Crippen LogP contribution in [0.3, 0.4) is 0 Å². The van der Waals surface area contributed by atoms with Crippen molar-refractivity contribution in [3.63, 3.8) is 0 Å². The standard InChI is InChI=1S/C11H20N2O2/c1-8(11(15)12-3)13-6-4-10(5-7-13)9(2)14/h8,10H,4-7H2,1-3H3,(H,12,15). The normalized spacial score (nSPS) is 21.0. The van der Waals surface area contributed by atoms with E-state index in [0.717, 1.165) is 25.9 Å². The Hall–Kier alpha value is -0.900. The molecule has 1 rings (SSSR count). The zero-order chi connectivity index (χ0) is 11.4. The van der Waals surface area contributed by atoms with Crippen molar-refractivity contribution in [3.05, 3.63) is 0 Å². The number of ketones is 1. The zero-order valence-electron chi connectivity index (χ0n) is 9.75. The Kier molecular flexibility index (Phi) is 4.27. The summed E-state index contributed by atoms with van der Waals surface area (Å²) in [6.45, 7) is 5.26. The molecule has 1 fully saturated rings. The summed E-state index contributed by atoms with van der Waals surface area (Å²) in [4.78, 5) is 24.7. The Labute approximate surface area is 91.0 Å². The number of amides is 1. The van der Waals surface area contributed by atoms with Gasteiger partial charge in [-0.3, -0.25) is 14.5 Å². The molecule has 0 aromatic carbocycles. The summed E-state index contributed by atoms with van der Waals surface area (Å²) in [7, 11) is 1.65. The molecule has 1 unspecified atom stereocenters. The van der Waals surface area contributed by atoms with Gasteiger partial charge >= 0.3 is 0 Å². The van der Waals surface area contributed by atoms with Crippen LogP contribution in [-0.2, 0) is 9.59 Å².